The molecule has 1 aliphatic carbocycles. The fourth-order valence-corrected chi connectivity index (χ4v) is 3.69. The summed E-state index contributed by atoms with van der Waals surface area (Å²) in [6.07, 6.45) is 4.36. The number of alkyl halides is 3. The molecule has 180 valence electrons. The van der Waals surface area contributed by atoms with E-state index in [1.807, 2.05) is 0 Å². The maximum atomic E-state index is 14.2. The van der Waals surface area contributed by atoms with E-state index >= 15 is 0 Å². The van der Waals surface area contributed by atoms with E-state index in [1.165, 1.54) is 42.5 Å². The molecule has 0 radical (unpaired) electrons. The van der Waals surface area contributed by atoms with Gasteiger partial charge in [-0.2, -0.15) is 13.2 Å². The lowest BCUT2D eigenvalue weighted by molar-refractivity contribution is -0.272. The van der Waals surface area contributed by atoms with Crippen LogP contribution in [0.25, 0.3) is 0 Å². The van der Waals surface area contributed by atoms with Crippen LogP contribution in [0.4, 0.5) is 17.6 Å². The van der Waals surface area contributed by atoms with Gasteiger partial charge in [0.05, 0.1) is 13.7 Å². The lowest BCUT2D eigenvalue weighted by atomic mass is 9.69. The van der Waals surface area contributed by atoms with Crippen LogP contribution in [0.1, 0.15) is 40.0 Å². The largest absolute Gasteiger partial charge is 0.497 e. The van der Waals surface area contributed by atoms with Gasteiger partial charge in [-0.25, -0.2) is 4.39 Å². The highest BCUT2D eigenvalue weighted by molar-refractivity contribution is 5.58. The normalized spacial score (nSPS) is 19.6. The number of halogens is 4. The molecule has 4 nitrogen and oxygen atoms in total. The molecule has 0 aromatic carbocycles. The smallest absolute Gasteiger partial charge is 0.418 e. The number of hydrogen-bond donors (Lipinski definition) is 2. The van der Waals surface area contributed by atoms with E-state index in [0.717, 1.165) is 6.21 Å². The Hall–Kier alpha value is -2.35. The molecule has 32 heavy (non-hydrogen) atoms. The van der Waals surface area contributed by atoms with E-state index in [4.69, 9.17) is 10.1 Å². The highest BCUT2D eigenvalue weighted by Gasteiger charge is 2.57. The van der Waals surface area contributed by atoms with Crippen LogP contribution in [0.2, 0.25) is 0 Å². The van der Waals surface area contributed by atoms with Crippen molar-refractivity contribution in [3.63, 3.8) is 0 Å². The second-order valence-electron chi connectivity index (χ2n) is 8.38. The van der Waals surface area contributed by atoms with Crippen molar-refractivity contribution >= 4 is 6.21 Å². The SMILES string of the molecule is C=CCN(/C=C\C(C)C=N)CC(O)(CC(C)(CC)C1=C(OC)C=CC(F)=CC1)C(F)(F)F. The predicted molar refractivity (Wildman–Crippen MR) is 120 cm³/mol. The summed E-state index contributed by atoms with van der Waals surface area (Å²) >= 11 is 0. The van der Waals surface area contributed by atoms with E-state index < -0.39 is 36.0 Å². The summed E-state index contributed by atoms with van der Waals surface area (Å²) in [4.78, 5) is 1.33. The van der Waals surface area contributed by atoms with E-state index in [1.54, 1.807) is 26.8 Å². The summed E-state index contributed by atoms with van der Waals surface area (Å²) in [6.45, 7) is 8.06. The molecule has 0 bridgehead atoms. The van der Waals surface area contributed by atoms with Crippen LogP contribution in [0.3, 0.4) is 0 Å². The third-order valence-corrected chi connectivity index (χ3v) is 5.82. The van der Waals surface area contributed by atoms with Gasteiger partial charge in [-0.1, -0.05) is 32.9 Å². The molecule has 0 aromatic heterocycles. The quantitative estimate of drug-likeness (QED) is 0.211. The van der Waals surface area contributed by atoms with Crippen LogP contribution in [0.15, 0.2) is 60.3 Å². The van der Waals surface area contributed by atoms with Crippen molar-refractivity contribution in [2.45, 2.75) is 51.8 Å². The van der Waals surface area contributed by atoms with Gasteiger partial charge in [-0.3, -0.25) is 0 Å². The fraction of sp³-hybridized carbons (Fsp3) is 0.542. The van der Waals surface area contributed by atoms with Gasteiger partial charge in [-0.05, 0) is 54.7 Å². The summed E-state index contributed by atoms with van der Waals surface area (Å²) in [5.41, 5.74) is -3.67. The van der Waals surface area contributed by atoms with Crippen molar-refractivity contribution in [1.82, 2.24) is 4.90 Å². The summed E-state index contributed by atoms with van der Waals surface area (Å²) in [5, 5.41) is 18.3. The number of hydrogen-bond acceptors (Lipinski definition) is 4. The molecule has 0 saturated carbocycles. The van der Waals surface area contributed by atoms with Gasteiger partial charge in [0, 0.05) is 18.7 Å². The maximum absolute atomic E-state index is 14.2. The topological polar surface area (TPSA) is 56.6 Å². The third-order valence-electron chi connectivity index (χ3n) is 5.82. The Morgan fingerprint density at radius 3 is 2.50 bits per heavy atom. The van der Waals surface area contributed by atoms with Gasteiger partial charge in [0.2, 0.25) is 0 Å². The Morgan fingerprint density at radius 2 is 2.00 bits per heavy atom. The molecule has 1 rings (SSSR count). The molecule has 0 aromatic rings. The van der Waals surface area contributed by atoms with E-state index in [2.05, 4.69) is 6.58 Å². The molecule has 0 fully saturated rings. The Balaban J connectivity index is 3.42. The van der Waals surface area contributed by atoms with Crippen molar-refractivity contribution < 1.29 is 27.4 Å². The molecule has 0 heterocycles. The molecule has 2 N–H and O–H groups in total. The number of nitrogens with one attached hydrogen (secondary N) is 1. The molecule has 0 aliphatic heterocycles. The Morgan fingerprint density at radius 1 is 1.34 bits per heavy atom. The van der Waals surface area contributed by atoms with Gasteiger partial charge >= 0.3 is 6.18 Å². The fourth-order valence-electron chi connectivity index (χ4n) is 3.69. The van der Waals surface area contributed by atoms with Crippen molar-refractivity contribution in [3.8, 4) is 0 Å². The number of nitrogens with zero attached hydrogens (tertiary/aromatic N) is 1. The third kappa shape index (κ3) is 7.08. The number of allylic oxidation sites excluding steroid dienone is 6. The van der Waals surface area contributed by atoms with Crippen LogP contribution in [0.5, 0.6) is 0 Å². The summed E-state index contributed by atoms with van der Waals surface area (Å²) in [7, 11) is 1.38. The summed E-state index contributed by atoms with van der Waals surface area (Å²) in [6, 6.07) is 0. The number of ether oxygens (including phenoxy) is 1. The monoisotopic (exact) mass is 458 g/mol. The second-order valence-corrected chi connectivity index (χ2v) is 8.38. The lowest BCUT2D eigenvalue weighted by Gasteiger charge is -2.42. The van der Waals surface area contributed by atoms with Gasteiger partial charge in [0.25, 0.3) is 0 Å². The first-order valence-corrected chi connectivity index (χ1v) is 10.5. The van der Waals surface area contributed by atoms with Crippen molar-refractivity contribution in [2.24, 2.45) is 11.3 Å². The molecule has 0 spiro atoms. The Labute approximate surface area is 188 Å². The molecule has 1 aliphatic rings. The molecule has 3 unspecified atom stereocenters. The van der Waals surface area contributed by atoms with E-state index in [0.29, 0.717) is 11.3 Å². The van der Waals surface area contributed by atoms with E-state index in [-0.39, 0.29) is 25.3 Å². The minimum absolute atomic E-state index is 0.0768. The highest BCUT2D eigenvalue weighted by atomic mass is 19.4. The number of rotatable bonds is 12. The average Bonchev–Trinajstić information content (AvgIpc) is 2.92. The average molecular weight is 459 g/mol. The zero-order valence-electron chi connectivity index (χ0n) is 19.2. The summed E-state index contributed by atoms with van der Waals surface area (Å²) in [5.74, 6) is -0.469. The van der Waals surface area contributed by atoms with Crippen molar-refractivity contribution in [2.75, 3.05) is 20.2 Å². The Bertz CT molecular complexity index is 785. The molecular formula is C24H34F4N2O2. The molecule has 0 saturated heterocycles. The van der Waals surface area contributed by atoms with Gasteiger partial charge in [0.1, 0.15) is 11.6 Å². The highest BCUT2D eigenvalue weighted by Crippen LogP contribution is 2.48. The molecular weight excluding hydrogens is 424 g/mol. The number of aliphatic hydroxyl groups is 1. The van der Waals surface area contributed by atoms with Crippen molar-refractivity contribution in [1.29, 1.82) is 5.41 Å². The van der Waals surface area contributed by atoms with Crippen molar-refractivity contribution in [3.05, 3.63) is 60.3 Å². The zero-order chi connectivity index (χ0) is 24.6. The first-order chi connectivity index (χ1) is 14.9. The van der Waals surface area contributed by atoms with Gasteiger partial charge in [0.15, 0.2) is 5.60 Å². The molecule has 8 heteroatoms. The molecule has 3 atom stereocenters. The number of methoxy groups -OCH3 is 1. The van der Waals surface area contributed by atoms with Gasteiger partial charge < -0.3 is 20.2 Å². The van der Waals surface area contributed by atoms with Gasteiger partial charge in [-0.15, -0.1) is 6.58 Å². The lowest BCUT2D eigenvalue weighted by Crippen LogP contribution is -2.55. The van der Waals surface area contributed by atoms with Crippen LogP contribution >= 0.6 is 0 Å². The first-order valence-electron chi connectivity index (χ1n) is 10.5. The van der Waals surface area contributed by atoms with Crippen LogP contribution in [-0.4, -0.2) is 48.2 Å². The minimum atomic E-state index is -4.92. The standard InChI is InChI=1S/C24H34F4N2O2/c1-6-13-30(14-12-18(3)15-29)17-23(31,24(26,27)28)16-22(4,7-2)20-10-8-19(25)9-11-21(20)32-5/h6,8-9,11-12,14-15,18,29,31H,1,7,10,13,16-17H2,2-5H3/b14-12-,29-15?. The molecule has 0 amide bonds. The first kappa shape index (κ1) is 27.7. The Kier molecular flexibility index (Phi) is 9.95. The minimum Gasteiger partial charge on any atom is -0.497 e. The van der Waals surface area contributed by atoms with Crippen LogP contribution in [0, 0.1) is 16.7 Å². The van der Waals surface area contributed by atoms with E-state index in [9.17, 15) is 22.7 Å². The zero-order valence-corrected chi connectivity index (χ0v) is 19.2. The maximum Gasteiger partial charge on any atom is 0.418 e. The predicted octanol–water partition coefficient (Wildman–Crippen LogP) is 6.09. The van der Waals surface area contributed by atoms with Crippen LogP contribution < -0.4 is 0 Å². The second kappa shape index (κ2) is 11.5. The van der Waals surface area contributed by atoms with Crippen LogP contribution in [-0.2, 0) is 4.74 Å². The summed E-state index contributed by atoms with van der Waals surface area (Å²) < 4.78 is 61.8.